The number of halogens is 1. The van der Waals surface area contributed by atoms with Crippen molar-refractivity contribution in [3.8, 4) is 0 Å². The molecule has 1 amide bonds. The summed E-state index contributed by atoms with van der Waals surface area (Å²) in [6.45, 7) is 2.78. The van der Waals surface area contributed by atoms with Gasteiger partial charge in [0.15, 0.2) is 0 Å². The number of hydrogen-bond donors (Lipinski definition) is 1. The van der Waals surface area contributed by atoms with Gasteiger partial charge in [0.2, 0.25) is 5.91 Å². The first kappa shape index (κ1) is 16.4. The summed E-state index contributed by atoms with van der Waals surface area (Å²) in [4.78, 5) is 22.1. The Morgan fingerprint density at radius 2 is 2.04 bits per heavy atom. The Morgan fingerprint density at radius 1 is 1.19 bits per heavy atom. The summed E-state index contributed by atoms with van der Waals surface area (Å²) in [5, 5.41) is 3.98. The van der Waals surface area contributed by atoms with Crippen LogP contribution < -0.4 is 10.2 Å². The molecule has 4 rings (SSSR count). The van der Waals surface area contributed by atoms with Crippen molar-refractivity contribution in [2.45, 2.75) is 25.8 Å². The summed E-state index contributed by atoms with van der Waals surface area (Å²) >= 11 is 0. The summed E-state index contributed by atoms with van der Waals surface area (Å²) in [7, 11) is 0. The molecule has 1 aromatic heterocycles. The minimum atomic E-state index is -0.366. The van der Waals surface area contributed by atoms with E-state index in [1.165, 1.54) is 12.4 Å². The highest BCUT2D eigenvalue weighted by Crippen LogP contribution is 2.28. The number of benzene rings is 2. The van der Waals surface area contributed by atoms with Crippen LogP contribution in [0.15, 0.2) is 48.8 Å². The molecule has 132 valence electrons. The van der Waals surface area contributed by atoms with Gasteiger partial charge in [-0.1, -0.05) is 18.2 Å². The molecule has 1 atom stereocenters. The van der Waals surface area contributed by atoms with Crippen molar-refractivity contribution in [2.75, 3.05) is 16.8 Å². The average molecular weight is 350 g/mol. The molecule has 2 aromatic carbocycles. The molecule has 2 heterocycles. The zero-order valence-electron chi connectivity index (χ0n) is 14.4. The fourth-order valence-electron chi connectivity index (χ4n) is 3.34. The van der Waals surface area contributed by atoms with Crippen molar-refractivity contribution in [2.24, 2.45) is 0 Å². The van der Waals surface area contributed by atoms with Gasteiger partial charge in [0.25, 0.3) is 0 Å². The lowest BCUT2D eigenvalue weighted by Crippen LogP contribution is -2.23. The Balaban J connectivity index is 1.62. The van der Waals surface area contributed by atoms with Gasteiger partial charge in [-0.05, 0) is 43.2 Å². The molecule has 26 heavy (non-hydrogen) atoms. The molecular weight excluding hydrogens is 331 g/mol. The molecule has 1 N–H and O–H groups in total. The summed E-state index contributed by atoms with van der Waals surface area (Å²) in [6.07, 6.45) is 2.87. The molecule has 0 spiro atoms. The first-order chi connectivity index (χ1) is 12.6. The number of fused-ring (bicyclic) bond motifs is 1. The first-order valence-corrected chi connectivity index (χ1v) is 8.69. The molecule has 0 radical (unpaired) electrons. The minimum absolute atomic E-state index is 0.0611. The summed E-state index contributed by atoms with van der Waals surface area (Å²) < 4.78 is 13.9. The molecule has 1 saturated heterocycles. The number of anilines is 2. The molecule has 3 aromatic rings. The topological polar surface area (TPSA) is 58.1 Å². The van der Waals surface area contributed by atoms with E-state index in [1.54, 1.807) is 12.1 Å². The van der Waals surface area contributed by atoms with Crippen LogP contribution in [0.25, 0.3) is 10.9 Å². The Bertz CT molecular complexity index is 975. The fourth-order valence-corrected chi connectivity index (χ4v) is 3.34. The molecule has 0 aliphatic carbocycles. The van der Waals surface area contributed by atoms with E-state index in [1.807, 2.05) is 36.1 Å². The van der Waals surface area contributed by atoms with Gasteiger partial charge in [-0.15, -0.1) is 0 Å². The van der Waals surface area contributed by atoms with Crippen LogP contribution in [0.4, 0.5) is 15.9 Å². The second-order valence-electron chi connectivity index (χ2n) is 6.47. The van der Waals surface area contributed by atoms with Gasteiger partial charge in [-0.2, -0.15) is 0 Å². The highest BCUT2D eigenvalue weighted by Gasteiger charge is 2.22. The van der Waals surface area contributed by atoms with Crippen LogP contribution in [0.1, 0.15) is 31.4 Å². The van der Waals surface area contributed by atoms with Crippen LogP contribution in [0.5, 0.6) is 0 Å². The number of carbonyl (C=O) groups excluding carboxylic acids is 1. The minimum Gasteiger partial charge on any atom is -0.363 e. The van der Waals surface area contributed by atoms with Crippen molar-refractivity contribution in [3.63, 3.8) is 0 Å². The molecule has 1 unspecified atom stereocenters. The Hall–Kier alpha value is -3.02. The number of nitrogens with zero attached hydrogens (tertiary/aromatic N) is 3. The number of para-hydroxylation sites is 1. The highest BCUT2D eigenvalue weighted by atomic mass is 19.1. The van der Waals surface area contributed by atoms with E-state index >= 15 is 0 Å². The van der Waals surface area contributed by atoms with Crippen LogP contribution in [0, 0.1) is 5.82 Å². The third-order valence-electron chi connectivity index (χ3n) is 4.72. The third-order valence-corrected chi connectivity index (χ3v) is 4.72. The van der Waals surface area contributed by atoms with Gasteiger partial charge >= 0.3 is 0 Å². The van der Waals surface area contributed by atoms with Crippen molar-refractivity contribution >= 4 is 28.3 Å². The molecule has 0 saturated carbocycles. The van der Waals surface area contributed by atoms with Gasteiger partial charge in [-0.3, -0.25) is 4.79 Å². The van der Waals surface area contributed by atoms with E-state index in [0.29, 0.717) is 23.1 Å². The summed E-state index contributed by atoms with van der Waals surface area (Å²) in [5.74, 6) is 0.389. The van der Waals surface area contributed by atoms with Crippen LogP contribution in [-0.2, 0) is 4.79 Å². The lowest BCUT2D eigenvalue weighted by atomic mass is 10.1. The van der Waals surface area contributed by atoms with Gasteiger partial charge in [0, 0.05) is 24.0 Å². The van der Waals surface area contributed by atoms with Crippen LogP contribution in [0.2, 0.25) is 0 Å². The lowest BCUT2D eigenvalue weighted by molar-refractivity contribution is -0.117. The highest BCUT2D eigenvalue weighted by molar-refractivity contribution is 5.95. The molecule has 1 aliphatic heterocycles. The largest absolute Gasteiger partial charge is 0.363 e. The Labute approximate surface area is 150 Å². The average Bonchev–Trinajstić information content (AvgIpc) is 3.09. The number of amides is 1. The monoisotopic (exact) mass is 350 g/mol. The van der Waals surface area contributed by atoms with E-state index in [-0.39, 0.29) is 17.8 Å². The van der Waals surface area contributed by atoms with Crippen molar-refractivity contribution < 1.29 is 9.18 Å². The zero-order valence-corrected chi connectivity index (χ0v) is 14.4. The normalized spacial score (nSPS) is 15.5. The van der Waals surface area contributed by atoms with Gasteiger partial charge < -0.3 is 10.2 Å². The zero-order chi connectivity index (χ0) is 18.1. The van der Waals surface area contributed by atoms with Gasteiger partial charge in [0.1, 0.15) is 23.5 Å². The predicted molar refractivity (Wildman–Crippen MR) is 99.6 cm³/mol. The number of carbonyl (C=O) groups is 1. The number of nitrogens with one attached hydrogen (secondary N) is 1. The van der Waals surface area contributed by atoms with Crippen molar-refractivity contribution in [1.29, 1.82) is 0 Å². The van der Waals surface area contributed by atoms with E-state index in [4.69, 9.17) is 0 Å². The predicted octanol–water partition coefficient (Wildman–Crippen LogP) is 4.07. The third kappa shape index (κ3) is 2.98. The molecule has 0 bridgehead atoms. The molecule has 6 heteroatoms. The summed E-state index contributed by atoms with van der Waals surface area (Å²) in [6, 6.07) is 12.7. The maximum Gasteiger partial charge on any atom is 0.227 e. The Kier molecular flexibility index (Phi) is 4.24. The quantitative estimate of drug-likeness (QED) is 0.771. The standard InChI is InChI=1S/C20H19FN4O/c1-13(14-5-2-6-15(11-14)25-10-4-9-18(25)26)24-20-16-7-3-8-17(21)19(16)22-12-23-20/h2-3,5-8,11-13H,4,9-10H2,1H3,(H,22,23,24). The maximum atomic E-state index is 13.9. The van der Waals surface area contributed by atoms with Gasteiger partial charge in [-0.25, -0.2) is 14.4 Å². The molecule has 5 nitrogen and oxygen atoms in total. The van der Waals surface area contributed by atoms with E-state index in [9.17, 15) is 9.18 Å². The van der Waals surface area contributed by atoms with E-state index in [0.717, 1.165) is 24.2 Å². The van der Waals surface area contributed by atoms with Gasteiger partial charge in [0.05, 0.1) is 6.04 Å². The smallest absolute Gasteiger partial charge is 0.227 e. The maximum absolute atomic E-state index is 13.9. The number of rotatable bonds is 4. The number of aromatic nitrogens is 2. The van der Waals surface area contributed by atoms with E-state index in [2.05, 4.69) is 15.3 Å². The lowest BCUT2D eigenvalue weighted by Gasteiger charge is -2.20. The Morgan fingerprint density at radius 3 is 2.85 bits per heavy atom. The van der Waals surface area contributed by atoms with Crippen LogP contribution in [-0.4, -0.2) is 22.4 Å². The SMILES string of the molecule is CC(Nc1ncnc2c(F)cccc12)c1cccc(N2CCCC2=O)c1. The van der Waals surface area contributed by atoms with Crippen molar-refractivity contribution in [3.05, 3.63) is 60.2 Å². The van der Waals surface area contributed by atoms with Crippen LogP contribution >= 0.6 is 0 Å². The second-order valence-corrected chi connectivity index (χ2v) is 6.47. The number of hydrogen-bond acceptors (Lipinski definition) is 4. The van der Waals surface area contributed by atoms with Crippen molar-refractivity contribution in [1.82, 2.24) is 9.97 Å². The second kappa shape index (κ2) is 6.71. The van der Waals surface area contributed by atoms with E-state index < -0.39 is 0 Å². The first-order valence-electron chi connectivity index (χ1n) is 8.69. The fraction of sp³-hybridized carbons (Fsp3) is 0.250. The summed E-state index contributed by atoms with van der Waals surface area (Å²) in [5.41, 5.74) is 2.25. The molecule has 1 aliphatic rings. The van der Waals surface area contributed by atoms with Crippen LogP contribution in [0.3, 0.4) is 0 Å². The molecule has 1 fully saturated rings. The molecular formula is C20H19FN4O.